The maximum Gasteiger partial charge on any atom is 0.164 e. The van der Waals surface area contributed by atoms with E-state index in [-0.39, 0.29) is 0 Å². The molecule has 0 aliphatic carbocycles. The van der Waals surface area contributed by atoms with Gasteiger partial charge in [0.1, 0.15) is 0 Å². The van der Waals surface area contributed by atoms with Gasteiger partial charge in [-0.2, -0.15) is 0 Å². The Labute approximate surface area is 843 Å². The lowest BCUT2D eigenvalue weighted by atomic mass is 9.93. The van der Waals surface area contributed by atoms with Gasteiger partial charge in [0.05, 0.1) is 50.7 Å². The highest BCUT2D eigenvalue weighted by atomic mass is 32.1. The third-order valence-electron chi connectivity index (χ3n) is 28.0. The normalized spacial score (nSPS) is 11.7. The third-order valence-corrected chi connectivity index (χ3v) is 31.6. The maximum atomic E-state index is 5.61. The van der Waals surface area contributed by atoms with E-state index in [1.54, 1.807) is 0 Å². The van der Waals surface area contributed by atoms with Gasteiger partial charge in [-0.1, -0.05) is 431 Å². The minimum Gasteiger partial charge on any atom is -0.246 e. The van der Waals surface area contributed by atoms with Crippen LogP contribution in [0.5, 0.6) is 0 Å². The molecule has 145 heavy (non-hydrogen) atoms. The predicted molar refractivity (Wildman–Crippen MR) is 611 cm³/mol. The van der Waals surface area contributed by atoms with Gasteiger partial charge in [-0.15, -0.1) is 34.0 Å². The number of rotatable bonds is 11. The number of aromatic nitrogens is 10. The van der Waals surface area contributed by atoms with E-state index in [9.17, 15) is 0 Å². The summed E-state index contributed by atoms with van der Waals surface area (Å²) in [6.45, 7) is 0. The number of fused-ring (bicyclic) bond motifs is 31. The van der Waals surface area contributed by atoms with Crippen LogP contribution in [0.15, 0.2) is 473 Å². The van der Waals surface area contributed by atoms with E-state index in [4.69, 9.17) is 49.8 Å². The van der Waals surface area contributed by atoms with Gasteiger partial charge in [0.2, 0.25) is 0 Å². The van der Waals surface area contributed by atoms with Crippen LogP contribution in [0.25, 0.3) is 293 Å². The van der Waals surface area contributed by atoms with E-state index in [1.807, 2.05) is 131 Å². The van der Waals surface area contributed by atoms with Crippen LogP contribution in [-0.4, -0.2) is 49.8 Å². The minimum atomic E-state index is 0.628. The highest BCUT2D eigenvalue weighted by Gasteiger charge is 2.28. The molecule has 0 radical (unpaired) electrons. The van der Waals surface area contributed by atoms with Gasteiger partial charge in [0.15, 0.2) is 29.1 Å². The molecule has 0 fully saturated rings. The molecule has 0 unspecified atom stereocenters. The SMILES string of the molecule is c1ccc(-c2cc(-c3cccc(-c4nc5c(c6ccccc46)c4ccccc4c4sc6ccccc6c54)c3)nc(-c3ccccc3)n2)cc1.c1ccc(-c2nc(-c3ccc(-c4nc5c(c6ccccc46)c4ccccc4c4sc6ccccc6c54)cc3)nc(-c3ccc4ccccc4c3)n2)cc1.c1ccc(-c2ncc(-c3nc4c(c5ccccc35)c3ccccc3c3sc5ccccc5c43)c(-c3ccccc3)n2)cc1. The predicted octanol–water partition coefficient (Wildman–Crippen LogP) is 36.0. The van der Waals surface area contributed by atoms with E-state index in [2.05, 4.69) is 376 Å². The molecule has 0 aliphatic heterocycles. The van der Waals surface area contributed by atoms with Crippen molar-refractivity contribution in [2.75, 3.05) is 0 Å². The second-order valence-electron chi connectivity index (χ2n) is 36.5. The van der Waals surface area contributed by atoms with Gasteiger partial charge in [0, 0.05) is 176 Å². The molecule has 0 bridgehead atoms. The standard InChI is InChI=1S/C48H28N4S.C45H27N3S.C39H23N3S/c1-2-13-31(14-3-1)46-50-47(52-48(51-46)34-27-22-29-12-4-5-15-33(29)28-34)32-25-23-30(24-26-32)43-37-18-8-6-16-35(37)41-36-17-7-9-19-38(36)45-42(44(41)49-43)39-20-10-11-21-40(39)53-45;1-3-14-28(15-4-1)37-27-38(47-45(46-37)29-16-5-2-6-17-29)30-18-13-19-31(26-30)42-34-22-9-7-20-32(34)40-33-21-8-10-23-35(33)44-41(43(40)48-42)36-24-11-12-25-39(36)49-44;1-3-13-24(14-4-1)35-31(23-40-39(42-35)25-15-5-2-6-16-25)36-28-19-9-7-17-26(28)33-27-18-8-10-20-29(27)38-34(37(33)41-36)30-21-11-12-22-32(30)43-38/h1-28H;1-27H;1-23H. The minimum absolute atomic E-state index is 0.628. The van der Waals surface area contributed by atoms with E-state index in [0.29, 0.717) is 29.1 Å². The summed E-state index contributed by atoms with van der Waals surface area (Å²) in [4.78, 5) is 52.0. The summed E-state index contributed by atoms with van der Waals surface area (Å²) in [7, 11) is 0. The molecule has 9 heterocycles. The first-order chi connectivity index (χ1) is 71.9. The van der Waals surface area contributed by atoms with Crippen LogP contribution in [0.2, 0.25) is 0 Å². The van der Waals surface area contributed by atoms with Crippen LogP contribution in [0.3, 0.4) is 0 Å². The van der Waals surface area contributed by atoms with Crippen molar-refractivity contribution in [3.63, 3.8) is 0 Å². The smallest absolute Gasteiger partial charge is 0.164 e. The number of benzene rings is 21. The van der Waals surface area contributed by atoms with Crippen molar-refractivity contribution in [2.24, 2.45) is 0 Å². The molecule has 0 N–H and O–H groups in total. The van der Waals surface area contributed by atoms with E-state index >= 15 is 0 Å². The summed E-state index contributed by atoms with van der Waals surface area (Å²) in [5.74, 6) is 3.32. The number of hydrogen-bond donors (Lipinski definition) is 0. The molecule has 9 aromatic heterocycles. The highest BCUT2D eigenvalue weighted by molar-refractivity contribution is 7.28. The summed E-state index contributed by atoms with van der Waals surface area (Å²) >= 11 is 5.56. The van der Waals surface area contributed by atoms with Crippen molar-refractivity contribution in [1.82, 2.24) is 49.8 Å². The zero-order valence-electron chi connectivity index (χ0n) is 77.7. The highest BCUT2D eigenvalue weighted by Crippen LogP contribution is 2.52. The Morgan fingerprint density at radius 1 is 0.152 bits per heavy atom. The molecule has 0 spiro atoms. The molecule has 10 nitrogen and oxygen atoms in total. The Balaban J connectivity index is 0.000000106. The van der Waals surface area contributed by atoms with Crippen LogP contribution in [0.4, 0.5) is 0 Å². The van der Waals surface area contributed by atoms with Crippen LogP contribution in [-0.2, 0) is 0 Å². The summed E-state index contributed by atoms with van der Waals surface area (Å²) < 4.78 is 7.67. The summed E-state index contributed by atoms with van der Waals surface area (Å²) in [6.07, 6.45) is 1.96. The van der Waals surface area contributed by atoms with Crippen molar-refractivity contribution >= 4 is 203 Å². The van der Waals surface area contributed by atoms with Gasteiger partial charge in [-0.05, 0) is 79.5 Å². The zero-order chi connectivity index (χ0) is 95.5. The number of nitrogens with zero attached hydrogens (tertiary/aromatic N) is 10. The molecular formula is C132H78N10S3. The fraction of sp³-hybridized carbons (Fsp3) is 0. The molecule has 0 saturated carbocycles. The number of pyridine rings is 3. The number of hydrogen-bond acceptors (Lipinski definition) is 13. The molecule has 0 amide bonds. The van der Waals surface area contributed by atoms with Gasteiger partial charge in [-0.3, -0.25) is 0 Å². The van der Waals surface area contributed by atoms with Gasteiger partial charge in [-0.25, -0.2) is 49.8 Å². The Bertz CT molecular complexity index is 10400. The Morgan fingerprint density at radius 2 is 0.448 bits per heavy atom. The second kappa shape index (κ2) is 35.4. The van der Waals surface area contributed by atoms with Crippen molar-refractivity contribution in [2.45, 2.75) is 0 Å². The molecule has 30 rings (SSSR count). The fourth-order valence-corrected chi connectivity index (χ4v) is 25.1. The largest absolute Gasteiger partial charge is 0.246 e. The summed E-state index contributed by atoms with van der Waals surface area (Å²) in [6, 6.07) is 164. The fourth-order valence-electron chi connectivity index (χ4n) is 21.4. The zero-order valence-corrected chi connectivity index (χ0v) is 80.2. The lowest BCUT2D eigenvalue weighted by molar-refractivity contribution is 1.07. The molecule has 30 aromatic rings. The number of thiophene rings is 3. The van der Waals surface area contributed by atoms with E-state index < -0.39 is 0 Å². The molecule has 13 heteroatoms. The lowest BCUT2D eigenvalue weighted by Crippen LogP contribution is -2.00. The molecule has 21 aromatic carbocycles. The van der Waals surface area contributed by atoms with Crippen LogP contribution in [0, 0.1) is 0 Å². The quantitative estimate of drug-likeness (QED) is 0.115. The van der Waals surface area contributed by atoms with Crippen molar-refractivity contribution in [3.05, 3.63) is 473 Å². The summed E-state index contributed by atoms with van der Waals surface area (Å²) in [5.41, 5.74) is 19.5. The first-order valence-electron chi connectivity index (χ1n) is 48.6. The Hall–Kier alpha value is -18.5. The maximum absolute atomic E-state index is 5.61. The van der Waals surface area contributed by atoms with E-state index in [0.717, 1.165) is 133 Å². The monoisotopic (exact) mass is 1900 g/mol. The first-order valence-corrected chi connectivity index (χ1v) is 51.0. The third kappa shape index (κ3) is 14.6. The average Bonchev–Trinajstić information content (AvgIpc) is 1.64. The first kappa shape index (κ1) is 84.6. The van der Waals surface area contributed by atoms with Gasteiger partial charge < -0.3 is 0 Å². The van der Waals surface area contributed by atoms with Crippen molar-refractivity contribution in [3.8, 4) is 124 Å². The van der Waals surface area contributed by atoms with Crippen LogP contribution >= 0.6 is 34.0 Å². The Kier molecular flexibility index (Phi) is 20.6. The topological polar surface area (TPSA) is 129 Å². The molecule has 0 atom stereocenters. The molecule has 674 valence electrons. The molecular weight excluding hydrogens is 1820 g/mol. The van der Waals surface area contributed by atoms with Crippen LogP contribution < -0.4 is 0 Å². The van der Waals surface area contributed by atoms with Crippen LogP contribution in [0.1, 0.15) is 0 Å². The average molecular weight is 1900 g/mol. The Morgan fingerprint density at radius 3 is 0.903 bits per heavy atom. The summed E-state index contributed by atoms with van der Waals surface area (Å²) in [5, 5.41) is 27.8. The molecule has 0 aliphatic rings. The van der Waals surface area contributed by atoms with Gasteiger partial charge in [0.25, 0.3) is 0 Å². The van der Waals surface area contributed by atoms with E-state index in [1.165, 1.54) is 131 Å². The lowest BCUT2D eigenvalue weighted by Gasteiger charge is -2.16. The van der Waals surface area contributed by atoms with Crippen molar-refractivity contribution < 1.29 is 0 Å². The van der Waals surface area contributed by atoms with Gasteiger partial charge >= 0.3 is 0 Å². The second-order valence-corrected chi connectivity index (χ2v) is 39.7. The van der Waals surface area contributed by atoms with Crippen molar-refractivity contribution in [1.29, 1.82) is 0 Å². The molecule has 0 saturated heterocycles.